The fraction of sp³-hybridized carbons (Fsp3) is 0.556. The second kappa shape index (κ2) is 4.83. The van der Waals surface area contributed by atoms with Gasteiger partial charge in [0.1, 0.15) is 0 Å². The average molecular weight is 165 g/mol. The molecule has 3 heteroatoms. The molecule has 1 rings (SSSR count). The number of aromatic nitrogens is 2. The van der Waals surface area contributed by atoms with Crippen LogP contribution >= 0.6 is 0 Å². The lowest BCUT2D eigenvalue weighted by Gasteiger charge is -1.98. The van der Waals surface area contributed by atoms with Gasteiger partial charge in [-0.25, -0.2) is 0 Å². The van der Waals surface area contributed by atoms with E-state index in [-0.39, 0.29) is 0 Å². The minimum atomic E-state index is 0.763. The fourth-order valence-electron chi connectivity index (χ4n) is 1.01. The third kappa shape index (κ3) is 2.96. The number of unbranched alkanes of at least 4 members (excludes halogenated alkanes) is 1. The molecule has 3 nitrogen and oxygen atoms in total. The fourth-order valence-corrected chi connectivity index (χ4v) is 1.01. The van der Waals surface area contributed by atoms with Crippen molar-refractivity contribution in [1.82, 2.24) is 10.2 Å². The zero-order valence-electron chi connectivity index (χ0n) is 7.45. The molecule has 0 fully saturated rings. The van der Waals surface area contributed by atoms with Gasteiger partial charge in [0.05, 0.1) is 11.4 Å². The second-order valence-electron chi connectivity index (χ2n) is 2.91. The maximum atomic E-state index is 5.38. The highest BCUT2D eigenvalue weighted by Gasteiger charge is 1.94. The molecule has 66 valence electrons. The van der Waals surface area contributed by atoms with Crippen LogP contribution in [0.3, 0.4) is 0 Å². The molecule has 0 aliphatic carbocycles. The zero-order valence-corrected chi connectivity index (χ0v) is 7.45. The maximum absolute atomic E-state index is 5.38. The molecule has 0 amide bonds. The zero-order chi connectivity index (χ0) is 8.81. The van der Waals surface area contributed by atoms with Gasteiger partial charge in [-0.05, 0) is 44.9 Å². The molecular formula is C9H15N3. The van der Waals surface area contributed by atoms with E-state index in [0.717, 1.165) is 37.2 Å². The van der Waals surface area contributed by atoms with Gasteiger partial charge in [0.15, 0.2) is 0 Å². The third-order valence-corrected chi connectivity index (χ3v) is 1.74. The Morgan fingerprint density at radius 3 is 2.67 bits per heavy atom. The van der Waals surface area contributed by atoms with E-state index in [9.17, 15) is 0 Å². The lowest BCUT2D eigenvalue weighted by Crippen LogP contribution is -2.00. The normalized spacial score (nSPS) is 10.2. The predicted molar refractivity (Wildman–Crippen MR) is 48.8 cm³/mol. The van der Waals surface area contributed by atoms with E-state index in [0.29, 0.717) is 0 Å². The second-order valence-corrected chi connectivity index (χ2v) is 2.91. The van der Waals surface area contributed by atoms with E-state index >= 15 is 0 Å². The average Bonchev–Trinajstić information content (AvgIpc) is 2.09. The van der Waals surface area contributed by atoms with Crippen LogP contribution in [0.15, 0.2) is 12.1 Å². The van der Waals surface area contributed by atoms with Crippen LogP contribution in [0.5, 0.6) is 0 Å². The Balaban J connectivity index is 2.37. The summed E-state index contributed by atoms with van der Waals surface area (Å²) >= 11 is 0. The van der Waals surface area contributed by atoms with Gasteiger partial charge in [-0.3, -0.25) is 0 Å². The Hall–Kier alpha value is -0.960. The Labute approximate surface area is 73.0 Å². The van der Waals surface area contributed by atoms with Crippen LogP contribution in [0.1, 0.15) is 24.2 Å². The van der Waals surface area contributed by atoms with Gasteiger partial charge in [-0.15, -0.1) is 0 Å². The van der Waals surface area contributed by atoms with E-state index < -0.39 is 0 Å². The van der Waals surface area contributed by atoms with Crippen molar-refractivity contribution in [2.75, 3.05) is 6.54 Å². The molecule has 0 bridgehead atoms. The van der Waals surface area contributed by atoms with Crippen LogP contribution in [0.25, 0.3) is 0 Å². The van der Waals surface area contributed by atoms with Crippen LogP contribution in [-0.2, 0) is 6.42 Å². The summed E-state index contributed by atoms with van der Waals surface area (Å²) in [4.78, 5) is 0. The molecule has 0 unspecified atom stereocenters. The van der Waals surface area contributed by atoms with Crippen molar-refractivity contribution in [3.8, 4) is 0 Å². The molecule has 1 heterocycles. The molecule has 0 aliphatic heterocycles. The molecular weight excluding hydrogens is 150 g/mol. The monoisotopic (exact) mass is 165 g/mol. The van der Waals surface area contributed by atoms with Gasteiger partial charge in [0, 0.05) is 0 Å². The highest BCUT2D eigenvalue weighted by Crippen LogP contribution is 2.00. The van der Waals surface area contributed by atoms with Crippen molar-refractivity contribution in [2.45, 2.75) is 26.2 Å². The van der Waals surface area contributed by atoms with E-state index in [2.05, 4.69) is 10.2 Å². The number of nitrogens with zero attached hydrogens (tertiary/aromatic N) is 2. The Kier molecular flexibility index (Phi) is 3.67. The molecule has 0 saturated carbocycles. The first kappa shape index (κ1) is 9.13. The summed E-state index contributed by atoms with van der Waals surface area (Å²) in [7, 11) is 0. The van der Waals surface area contributed by atoms with Crippen molar-refractivity contribution in [3.05, 3.63) is 23.5 Å². The standard InChI is InChI=1S/C9H15N3/c1-8-5-6-9(12-11-8)4-2-3-7-10/h5-6H,2-4,7,10H2,1H3. The van der Waals surface area contributed by atoms with Crippen LogP contribution < -0.4 is 5.73 Å². The predicted octanol–water partition coefficient (Wildman–Crippen LogP) is 1.07. The SMILES string of the molecule is Cc1ccc(CCCCN)nn1. The summed E-state index contributed by atoms with van der Waals surface area (Å²) in [6.07, 6.45) is 3.16. The molecule has 0 radical (unpaired) electrons. The Bertz CT molecular complexity index is 218. The molecule has 0 aromatic carbocycles. The third-order valence-electron chi connectivity index (χ3n) is 1.74. The van der Waals surface area contributed by atoms with Crippen molar-refractivity contribution in [1.29, 1.82) is 0 Å². The van der Waals surface area contributed by atoms with Crippen LogP contribution in [0.4, 0.5) is 0 Å². The van der Waals surface area contributed by atoms with E-state index in [1.807, 2.05) is 19.1 Å². The quantitative estimate of drug-likeness (QED) is 0.679. The van der Waals surface area contributed by atoms with Crippen molar-refractivity contribution in [3.63, 3.8) is 0 Å². The Morgan fingerprint density at radius 1 is 1.25 bits per heavy atom. The minimum absolute atomic E-state index is 0.763. The molecule has 0 atom stereocenters. The highest BCUT2D eigenvalue weighted by molar-refractivity contribution is 5.05. The topological polar surface area (TPSA) is 51.8 Å². The van der Waals surface area contributed by atoms with Gasteiger partial charge in [-0.2, -0.15) is 10.2 Å². The van der Waals surface area contributed by atoms with Crippen LogP contribution in [0.2, 0.25) is 0 Å². The van der Waals surface area contributed by atoms with Crippen molar-refractivity contribution >= 4 is 0 Å². The molecule has 1 aromatic heterocycles. The summed E-state index contributed by atoms with van der Waals surface area (Å²) in [5.74, 6) is 0. The lowest BCUT2D eigenvalue weighted by molar-refractivity contribution is 0.720. The van der Waals surface area contributed by atoms with E-state index in [4.69, 9.17) is 5.73 Å². The smallest absolute Gasteiger partial charge is 0.0631 e. The summed E-state index contributed by atoms with van der Waals surface area (Å²) in [5, 5.41) is 8.04. The molecule has 12 heavy (non-hydrogen) atoms. The lowest BCUT2D eigenvalue weighted by atomic mass is 10.2. The maximum Gasteiger partial charge on any atom is 0.0631 e. The molecule has 1 aromatic rings. The number of rotatable bonds is 4. The van der Waals surface area contributed by atoms with Crippen molar-refractivity contribution < 1.29 is 0 Å². The van der Waals surface area contributed by atoms with Gasteiger partial charge >= 0.3 is 0 Å². The van der Waals surface area contributed by atoms with Gasteiger partial charge in [0.25, 0.3) is 0 Å². The first-order chi connectivity index (χ1) is 5.83. The highest BCUT2D eigenvalue weighted by atomic mass is 15.1. The Morgan fingerprint density at radius 2 is 2.08 bits per heavy atom. The summed E-state index contributed by atoms with van der Waals surface area (Å²) in [5.41, 5.74) is 7.41. The molecule has 0 saturated heterocycles. The molecule has 0 aliphatic rings. The number of nitrogens with two attached hydrogens (primary N) is 1. The number of aryl methyl sites for hydroxylation is 2. The first-order valence-corrected chi connectivity index (χ1v) is 4.32. The number of hydrogen-bond donors (Lipinski definition) is 1. The van der Waals surface area contributed by atoms with Crippen LogP contribution in [0, 0.1) is 6.92 Å². The van der Waals surface area contributed by atoms with Gasteiger partial charge < -0.3 is 5.73 Å². The largest absolute Gasteiger partial charge is 0.330 e. The van der Waals surface area contributed by atoms with Crippen molar-refractivity contribution in [2.24, 2.45) is 5.73 Å². The minimum Gasteiger partial charge on any atom is -0.330 e. The van der Waals surface area contributed by atoms with E-state index in [1.54, 1.807) is 0 Å². The molecule has 0 spiro atoms. The summed E-state index contributed by atoms with van der Waals surface area (Å²) in [6.45, 7) is 2.70. The first-order valence-electron chi connectivity index (χ1n) is 4.32. The van der Waals surface area contributed by atoms with Gasteiger partial charge in [0.2, 0.25) is 0 Å². The van der Waals surface area contributed by atoms with Crippen LogP contribution in [-0.4, -0.2) is 16.7 Å². The summed E-state index contributed by atoms with van der Waals surface area (Å²) < 4.78 is 0. The molecule has 2 N–H and O–H groups in total. The summed E-state index contributed by atoms with van der Waals surface area (Å²) in [6, 6.07) is 4.02. The van der Waals surface area contributed by atoms with E-state index in [1.165, 1.54) is 0 Å². The van der Waals surface area contributed by atoms with Gasteiger partial charge in [-0.1, -0.05) is 0 Å². The number of hydrogen-bond acceptors (Lipinski definition) is 3.